The summed E-state index contributed by atoms with van der Waals surface area (Å²) in [4.78, 5) is 28.4. The lowest BCUT2D eigenvalue weighted by molar-refractivity contribution is -0.128. The van der Waals surface area contributed by atoms with E-state index in [1.807, 2.05) is 11.6 Å². The van der Waals surface area contributed by atoms with E-state index in [1.165, 1.54) is 0 Å². The van der Waals surface area contributed by atoms with E-state index in [-0.39, 0.29) is 24.0 Å². The molecule has 43 heavy (non-hydrogen) atoms. The van der Waals surface area contributed by atoms with Crippen LogP contribution in [0.3, 0.4) is 0 Å². The number of nitrogens with zero attached hydrogens (tertiary/aromatic N) is 7. The second kappa shape index (κ2) is 9.72. The van der Waals surface area contributed by atoms with Crippen LogP contribution < -0.4 is 9.64 Å². The van der Waals surface area contributed by atoms with Crippen LogP contribution in [0, 0.1) is 0 Å². The molecule has 1 spiro atoms. The fourth-order valence-electron chi connectivity index (χ4n) is 8.90. The van der Waals surface area contributed by atoms with Crippen molar-refractivity contribution in [2.75, 3.05) is 25.0 Å². The largest absolute Gasteiger partial charge is 0.471 e. The molecule has 230 valence electrons. The van der Waals surface area contributed by atoms with Crippen molar-refractivity contribution in [2.24, 2.45) is 0 Å². The monoisotopic (exact) mass is 589 g/mol. The molecule has 0 radical (unpaired) electrons. The van der Waals surface area contributed by atoms with Crippen molar-refractivity contribution in [1.29, 1.82) is 0 Å². The van der Waals surface area contributed by atoms with Crippen molar-refractivity contribution in [3.63, 3.8) is 0 Å². The summed E-state index contributed by atoms with van der Waals surface area (Å²) in [5.74, 6) is 2.80. The van der Waals surface area contributed by atoms with Crippen LogP contribution in [-0.2, 0) is 16.6 Å². The van der Waals surface area contributed by atoms with Gasteiger partial charge in [0.25, 0.3) is 0 Å². The Morgan fingerprint density at radius 2 is 1.91 bits per heavy atom. The summed E-state index contributed by atoms with van der Waals surface area (Å²) in [5.41, 5.74) is 0.905. The van der Waals surface area contributed by atoms with Gasteiger partial charge in [0.15, 0.2) is 22.9 Å². The molecule has 6 atom stereocenters. The van der Waals surface area contributed by atoms with Gasteiger partial charge in [0, 0.05) is 24.6 Å². The fourth-order valence-corrected chi connectivity index (χ4v) is 8.90. The number of rotatable bonds is 3. The average Bonchev–Trinajstić information content (AvgIpc) is 3.69. The molecule has 0 amide bonds. The Labute approximate surface area is 252 Å². The van der Waals surface area contributed by atoms with Crippen molar-refractivity contribution in [2.45, 2.75) is 127 Å². The molecular formula is C32H43N7O4. The first-order chi connectivity index (χ1) is 20.7. The van der Waals surface area contributed by atoms with E-state index >= 15 is 0 Å². The molecule has 0 aromatic carbocycles. The third-order valence-electron chi connectivity index (χ3n) is 11.3. The third-order valence-corrected chi connectivity index (χ3v) is 11.3. The zero-order valence-corrected chi connectivity index (χ0v) is 25.8. The van der Waals surface area contributed by atoms with Gasteiger partial charge in [-0.15, -0.1) is 5.10 Å². The van der Waals surface area contributed by atoms with Crippen LogP contribution in [0.1, 0.15) is 102 Å². The van der Waals surface area contributed by atoms with Crippen LogP contribution in [0.2, 0.25) is 0 Å². The molecule has 1 N–H and O–H groups in total. The summed E-state index contributed by atoms with van der Waals surface area (Å²) in [6.45, 7) is 7.71. The van der Waals surface area contributed by atoms with Crippen LogP contribution in [0.5, 0.6) is 5.88 Å². The van der Waals surface area contributed by atoms with Gasteiger partial charge in [-0.1, -0.05) is 11.6 Å². The summed E-state index contributed by atoms with van der Waals surface area (Å²) >= 11 is 0. The number of Topliss-reactive ketones (excluding diaryl/α,β-unsaturated/α-hetero) is 1. The number of hydrogen-bond acceptors (Lipinski definition) is 10. The fraction of sp³-hybridized carbons (Fsp3) is 0.719. The molecule has 2 saturated heterocycles. The zero-order valence-electron chi connectivity index (χ0n) is 25.8. The summed E-state index contributed by atoms with van der Waals surface area (Å²) in [7, 11) is 2.18. The molecule has 11 nitrogen and oxygen atoms in total. The van der Waals surface area contributed by atoms with Crippen molar-refractivity contribution in [3.05, 3.63) is 11.3 Å². The molecule has 1 saturated carbocycles. The molecule has 11 heteroatoms. The van der Waals surface area contributed by atoms with Crippen molar-refractivity contribution in [3.8, 4) is 17.4 Å². The van der Waals surface area contributed by atoms with Gasteiger partial charge in [0.05, 0.1) is 23.1 Å². The Kier molecular flexibility index (Phi) is 6.22. The van der Waals surface area contributed by atoms with Gasteiger partial charge in [-0.3, -0.25) is 4.79 Å². The van der Waals surface area contributed by atoms with E-state index in [0.29, 0.717) is 42.8 Å². The number of anilines is 1. The standard InChI is InChI=1S/C32H43N7O4/c1-18(21-10-8-16-37(21)4)39-29-24-28(38-17-31(3,41)15-12-22(38)19(2)42-30(24)35-39)33-27(34-29)25-20-9-7-14-32(26(20)43-36-25)13-6-5-11-23(32)40/h18-19,21-22,41H,5-17H2,1-4H3/t18-,19-,21-,22+,31+,32+/m0/s1. The SMILES string of the molecule is C[C@@H]1Oc2nn([C@@H](C)[C@@H]3CCCN3C)c3nc(-c4noc5c4CCC[C@@]54CCCCC4=O)nc(c23)N2C[C@](C)(O)CC[C@H]12. The Morgan fingerprint density at radius 3 is 2.70 bits per heavy atom. The number of piperidine rings is 1. The number of likely N-dealkylation sites (N-methyl/N-ethyl adjacent to an activating group) is 1. The number of aromatic nitrogens is 5. The normalized spacial score (nSPS) is 33.4. The molecular weight excluding hydrogens is 546 g/mol. The van der Waals surface area contributed by atoms with E-state index in [9.17, 15) is 9.90 Å². The minimum Gasteiger partial charge on any atom is -0.471 e. The van der Waals surface area contributed by atoms with Gasteiger partial charge in [-0.25, -0.2) is 14.6 Å². The maximum Gasteiger partial charge on any atom is 0.246 e. The molecule has 2 aliphatic carbocycles. The number of ether oxygens (including phenoxy) is 1. The average molecular weight is 590 g/mol. The highest BCUT2D eigenvalue weighted by atomic mass is 16.5. The van der Waals surface area contributed by atoms with Gasteiger partial charge < -0.3 is 24.2 Å². The van der Waals surface area contributed by atoms with Crippen molar-refractivity contribution in [1.82, 2.24) is 29.8 Å². The summed E-state index contributed by atoms with van der Waals surface area (Å²) in [6, 6.07) is 0.437. The number of hydrogen-bond donors (Lipinski definition) is 1. The zero-order chi connectivity index (χ0) is 29.7. The molecule has 0 unspecified atom stereocenters. The Hall–Kier alpha value is -3.05. The quantitative estimate of drug-likeness (QED) is 0.472. The molecule has 3 aromatic heterocycles. The van der Waals surface area contributed by atoms with Gasteiger partial charge in [-0.2, -0.15) is 0 Å². The van der Waals surface area contributed by atoms with Gasteiger partial charge >= 0.3 is 0 Å². The van der Waals surface area contributed by atoms with Crippen LogP contribution in [0.25, 0.3) is 22.6 Å². The lowest BCUT2D eigenvalue weighted by Gasteiger charge is -2.44. The second-order valence-corrected chi connectivity index (χ2v) is 14.2. The summed E-state index contributed by atoms with van der Waals surface area (Å²) in [6.07, 6.45) is 9.51. The van der Waals surface area contributed by atoms with Crippen LogP contribution in [-0.4, -0.2) is 84.6 Å². The highest BCUT2D eigenvalue weighted by molar-refractivity contribution is 5.95. The number of fused-ring (bicyclic) bond motifs is 4. The highest BCUT2D eigenvalue weighted by Crippen LogP contribution is 2.49. The predicted molar refractivity (Wildman–Crippen MR) is 160 cm³/mol. The van der Waals surface area contributed by atoms with E-state index in [4.69, 9.17) is 24.3 Å². The van der Waals surface area contributed by atoms with Gasteiger partial charge in [0.1, 0.15) is 23.1 Å². The number of aliphatic hydroxyl groups is 1. The Balaban J connectivity index is 1.33. The molecule has 3 fully saturated rings. The van der Waals surface area contributed by atoms with Gasteiger partial charge in [0.2, 0.25) is 5.88 Å². The maximum absolute atomic E-state index is 13.3. The van der Waals surface area contributed by atoms with E-state index in [2.05, 4.69) is 35.9 Å². The Bertz CT molecular complexity index is 1600. The number of likely N-dealkylation sites (tertiary alicyclic amines) is 1. The minimum atomic E-state index is -0.852. The molecule has 0 bridgehead atoms. The molecule has 3 aliphatic heterocycles. The topological polar surface area (TPSA) is 123 Å². The van der Waals surface area contributed by atoms with E-state index < -0.39 is 11.0 Å². The lowest BCUT2D eigenvalue weighted by Crippen LogP contribution is -2.55. The maximum atomic E-state index is 13.3. The van der Waals surface area contributed by atoms with E-state index in [1.54, 1.807) is 0 Å². The second-order valence-electron chi connectivity index (χ2n) is 14.2. The summed E-state index contributed by atoms with van der Waals surface area (Å²) in [5, 5.41) is 21.7. The van der Waals surface area contributed by atoms with Crippen LogP contribution >= 0.6 is 0 Å². The first kappa shape index (κ1) is 27.5. The van der Waals surface area contributed by atoms with Gasteiger partial charge in [-0.05, 0) is 92.2 Å². The highest BCUT2D eigenvalue weighted by Gasteiger charge is 2.49. The van der Waals surface area contributed by atoms with Crippen LogP contribution in [0.4, 0.5) is 5.82 Å². The lowest BCUT2D eigenvalue weighted by atomic mass is 9.64. The first-order valence-electron chi connectivity index (χ1n) is 16.4. The minimum absolute atomic E-state index is 0.0431. The summed E-state index contributed by atoms with van der Waals surface area (Å²) < 4.78 is 14.7. The predicted octanol–water partition coefficient (Wildman–Crippen LogP) is 4.35. The molecule has 5 aliphatic rings. The third kappa shape index (κ3) is 4.10. The Morgan fingerprint density at radius 1 is 1.07 bits per heavy atom. The number of ketones is 1. The first-order valence-corrected chi connectivity index (χ1v) is 16.4. The smallest absolute Gasteiger partial charge is 0.246 e. The van der Waals surface area contributed by atoms with Crippen LogP contribution in [0.15, 0.2) is 4.52 Å². The van der Waals surface area contributed by atoms with Crippen molar-refractivity contribution < 1.29 is 19.2 Å². The molecule has 3 aromatic rings. The molecule has 6 heterocycles. The molecule has 8 rings (SSSR count). The number of carbonyl (C=O) groups is 1. The number of carbonyl (C=O) groups excluding carboxylic acids is 1. The van der Waals surface area contributed by atoms with E-state index in [0.717, 1.165) is 92.5 Å². The van der Waals surface area contributed by atoms with Crippen molar-refractivity contribution >= 4 is 22.6 Å².